The lowest BCUT2D eigenvalue weighted by molar-refractivity contribution is -0.115. The molecule has 0 rings (SSSR count). The van der Waals surface area contributed by atoms with Crippen molar-refractivity contribution in [2.75, 3.05) is 5.75 Å². The minimum Gasteiger partial charge on any atom is -0.329 e. The first kappa shape index (κ1) is 11.9. The van der Waals surface area contributed by atoms with Gasteiger partial charge in [-0.2, -0.15) is 8.42 Å². The van der Waals surface area contributed by atoms with E-state index in [0.717, 1.165) is 6.08 Å². The van der Waals surface area contributed by atoms with Crippen LogP contribution in [0.3, 0.4) is 0 Å². The third-order valence-corrected chi connectivity index (χ3v) is 1.82. The zero-order valence-corrected chi connectivity index (χ0v) is 7.75. The Morgan fingerprint density at radius 1 is 1.54 bits per heavy atom. The molecule has 0 heterocycles. The normalized spacial score (nSPS) is 11.5. The molecule has 74 valence electrons. The fourth-order valence-corrected chi connectivity index (χ4v) is 0.934. The highest BCUT2D eigenvalue weighted by atomic mass is 32.2. The molecular weight excluding hydrogens is 194 g/mol. The van der Waals surface area contributed by atoms with Crippen LogP contribution in [0.15, 0.2) is 24.9 Å². The highest BCUT2D eigenvalue weighted by molar-refractivity contribution is 7.85. The molecule has 0 bridgehead atoms. The van der Waals surface area contributed by atoms with E-state index < -0.39 is 10.1 Å². The smallest absolute Gasteiger partial charge is 0.265 e. The van der Waals surface area contributed by atoms with E-state index in [-0.39, 0.29) is 18.1 Å². The summed E-state index contributed by atoms with van der Waals surface area (Å²) in [6.45, 7) is 3.22. The van der Waals surface area contributed by atoms with Crippen molar-refractivity contribution in [3.8, 4) is 0 Å². The van der Waals surface area contributed by atoms with Crippen LogP contribution in [0.5, 0.6) is 0 Å². The molecule has 0 aromatic rings. The third-order valence-electron chi connectivity index (χ3n) is 1.07. The summed E-state index contributed by atoms with van der Waals surface area (Å²) in [5, 5.41) is 2.30. The van der Waals surface area contributed by atoms with Crippen molar-refractivity contribution < 1.29 is 17.8 Å². The number of rotatable bonds is 5. The van der Waals surface area contributed by atoms with Gasteiger partial charge in [0.05, 0.1) is 5.75 Å². The highest BCUT2D eigenvalue weighted by Gasteiger charge is 2.00. The second-order valence-electron chi connectivity index (χ2n) is 2.19. The lowest BCUT2D eigenvalue weighted by atomic mass is 10.4. The first-order valence-corrected chi connectivity index (χ1v) is 5.10. The number of carbonyl (C=O) groups excluding carboxylic acids is 1. The van der Waals surface area contributed by atoms with Crippen LogP contribution in [-0.2, 0) is 14.9 Å². The maximum absolute atomic E-state index is 10.5. The summed E-state index contributed by atoms with van der Waals surface area (Å²) in [6.07, 6.45) is 3.97. The predicted octanol–water partition coefficient (Wildman–Crippen LogP) is 0.0802. The molecular formula is C7H11NO4S. The molecule has 5 nitrogen and oxygen atoms in total. The van der Waals surface area contributed by atoms with E-state index in [2.05, 4.69) is 11.9 Å². The Hall–Kier alpha value is -1.14. The van der Waals surface area contributed by atoms with Gasteiger partial charge in [-0.15, -0.1) is 0 Å². The van der Waals surface area contributed by atoms with Gasteiger partial charge in [0.25, 0.3) is 10.1 Å². The molecule has 0 aliphatic heterocycles. The van der Waals surface area contributed by atoms with Crippen LogP contribution in [0.25, 0.3) is 0 Å². The van der Waals surface area contributed by atoms with E-state index in [0.29, 0.717) is 0 Å². The van der Waals surface area contributed by atoms with Gasteiger partial charge in [0.2, 0.25) is 5.91 Å². The van der Waals surface area contributed by atoms with Gasteiger partial charge >= 0.3 is 0 Å². The van der Waals surface area contributed by atoms with Gasteiger partial charge in [0.1, 0.15) is 0 Å². The summed E-state index contributed by atoms with van der Waals surface area (Å²) in [4.78, 5) is 10.5. The molecule has 13 heavy (non-hydrogen) atoms. The fourth-order valence-electron chi connectivity index (χ4n) is 0.500. The minimum absolute atomic E-state index is 0.149. The van der Waals surface area contributed by atoms with Crippen LogP contribution >= 0.6 is 0 Å². The van der Waals surface area contributed by atoms with Gasteiger partial charge in [-0.1, -0.05) is 12.7 Å². The summed E-state index contributed by atoms with van der Waals surface area (Å²) in [6, 6.07) is 0. The molecule has 0 aromatic heterocycles. The second-order valence-corrected chi connectivity index (χ2v) is 3.76. The van der Waals surface area contributed by atoms with Crippen LogP contribution in [0.4, 0.5) is 0 Å². The molecule has 1 amide bonds. The van der Waals surface area contributed by atoms with Crippen molar-refractivity contribution in [3.63, 3.8) is 0 Å². The standard InChI is InChI=1S/C7H11NO4S/c1-2-7(9)8-5-3-4-6-13(10,11)12/h2-3,5H,1,4,6H2,(H,8,9)(H,10,11,12). The molecule has 0 unspecified atom stereocenters. The van der Waals surface area contributed by atoms with Crippen LogP contribution in [0.2, 0.25) is 0 Å². The molecule has 0 spiro atoms. The van der Waals surface area contributed by atoms with E-state index in [4.69, 9.17) is 4.55 Å². The van der Waals surface area contributed by atoms with Crippen molar-refractivity contribution in [2.45, 2.75) is 6.42 Å². The summed E-state index contributed by atoms with van der Waals surface area (Å²) < 4.78 is 28.7. The lowest BCUT2D eigenvalue weighted by Gasteiger charge is -1.92. The molecule has 0 saturated carbocycles. The fraction of sp³-hybridized carbons (Fsp3) is 0.286. The van der Waals surface area contributed by atoms with Crippen LogP contribution < -0.4 is 5.32 Å². The Bertz CT molecular complexity index is 304. The molecule has 0 aromatic carbocycles. The Balaban J connectivity index is 3.66. The average Bonchev–Trinajstić information content (AvgIpc) is 2.01. The van der Waals surface area contributed by atoms with Crippen molar-refractivity contribution >= 4 is 16.0 Å². The molecule has 0 aliphatic rings. The predicted molar refractivity (Wildman–Crippen MR) is 48.5 cm³/mol. The van der Waals surface area contributed by atoms with E-state index in [1.54, 1.807) is 0 Å². The zero-order chi connectivity index (χ0) is 10.3. The van der Waals surface area contributed by atoms with Gasteiger partial charge in [-0.05, 0) is 12.5 Å². The topological polar surface area (TPSA) is 83.5 Å². The van der Waals surface area contributed by atoms with E-state index in [1.165, 1.54) is 12.3 Å². The van der Waals surface area contributed by atoms with Crippen molar-refractivity contribution in [1.82, 2.24) is 5.32 Å². The lowest BCUT2D eigenvalue weighted by Crippen LogP contribution is -2.13. The van der Waals surface area contributed by atoms with E-state index in [9.17, 15) is 13.2 Å². The molecule has 0 radical (unpaired) electrons. The molecule has 2 N–H and O–H groups in total. The summed E-state index contributed by atoms with van der Waals surface area (Å²) in [7, 11) is -3.91. The highest BCUT2D eigenvalue weighted by Crippen LogP contribution is 1.88. The maximum atomic E-state index is 10.5. The van der Waals surface area contributed by atoms with Gasteiger partial charge in [-0.3, -0.25) is 9.35 Å². The summed E-state index contributed by atoms with van der Waals surface area (Å²) >= 11 is 0. The van der Waals surface area contributed by atoms with Crippen molar-refractivity contribution in [3.05, 3.63) is 24.9 Å². The summed E-state index contributed by atoms with van der Waals surface area (Å²) in [5.74, 6) is -0.726. The number of allylic oxidation sites excluding steroid dienone is 1. The first-order valence-electron chi connectivity index (χ1n) is 3.49. The van der Waals surface area contributed by atoms with Gasteiger partial charge < -0.3 is 5.32 Å². The molecule has 6 heteroatoms. The number of amides is 1. The maximum Gasteiger partial charge on any atom is 0.265 e. The molecule has 0 fully saturated rings. The Labute approximate surface area is 76.9 Å². The molecule has 0 atom stereocenters. The Morgan fingerprint density at radius 2 is 2.15 bits per heavy atom. The van der Waals surface area contributed by atoms with Gasteiger partial charge in [-0.25, -0.2) is 0 Å². The number of carbonyl (C=O) groups is 1. The number of hydrogen-bond acceptors (Lipinski definition) is 3. The van der Waals surface area contributed by atoms with Gasteiger partial charge in [0.15, 0.2) is 0 Å². The Kier molecular flexibility index (Phi) is 5.01. The molecule has 0 aliphatic carbocycles. The Morgan fingerprint density at radius 3 is 2.62 bits per heavy atom. The van der Waals surface area contributed by atoms with Crippen LogP contribution in [-0.4, -0.2) is 24.6 Å². The summed E-state index contributed by atoms with van der Waals surface area (Å²) in [5.41, 5.74) is 0. The first-order chi connectivity index (χ1) is 5.95. The van der Waals surface area contributed by atoms with Crippen molar-refractivity contribution in [2.24, 2.45) is 0 Å². The number of hydrogen-bond donors (Lipinski definition) is 2. The second kappa shape index (κ2) is 5.50. The van der Waals surface area contributed by atoms with Gasteiger partial charge in [0, 0.05) is 6.20 Å². The van der Waals surface area contributed by atoms with Crippen LogP contribution in [0, 0.1) is 0 Å². The molecule has 0 saturated heterocycles. The largest absolute Gasteiger partial charge is 0.329 e. The monoisotopic (exact) mass is 205 g/mol. The zero-order valence-electron chi connectivity index (χ0n) is 6.93. The van der Waals surface area contributed by atoms with Crippen LogP contribution in [0.1, 0.15) is 6.42 Å². The third kappa shape index (κ3) is 8.77. The van der Waals surface area contributed by atoms with Crippen molar-refractivity contribution in [1.29, 1.82) is 0 Å². The van der Waals surface area contributed by atoms with E-state index >= 15 is 0 Å². The number of nitrogens with one attached hydrogen (secondary N) is 1. The van der Waals surface area contributed by atoms with E-state index in [1.807, 2.05) is 0 Å². The quantitative estimate of drug-likeness (QED) is 0.492. The average molecular weight is 205 g/mol. The minimum atomic E-state index is -3.91. The SMILES string of the molecule is C=CC(=O)NC=CCCS(=O)(=O)O.